The first-order chi connectivity index (χ1) is 8.77. The summed E-state index contributed by atoms with van der Waals surface area (Å²) in [7, 11) is 0. The van der Waals surface area contributed by atoms with Crippen LogP contribution in [0.15, 0.2) is 23.3 Å². The fourth-order valence-electron chi connectivity index (χ4n) is 1.37. The highest BCUT2D eigenvalue weighted by Gasteiger charge is 2.32. The Morgan fingerprint density at radius 1 is 1.37 bits per heavy atom. The van der Waals surface area contributed by atoms with Gasteiger partial charge in [0.05, 0.1) is 18.2 Å². The first-order valence-corrected chi connectivity index (χ1v) is 5.38. The summed E-state index contributed by atoms with van der Waals surface area (Å²) in [5.41, 5.74) is 6.78. The van der Waals surface area contributed by atoms with Gasteiger partial charge in [-0.05, 0) is 23.7 Å². The van der Waals surface area contributed by atoms with Gasteiger partial charge in [0.2, 0.25) is 0 Å². The normalized spacial score (nSPS) is 14.6. The molecule has 19 heavy (non-hydrogen) atoms. The highest BCUT2D eigenvalue weighted by Crippen LogP contribution is 2.34. The van der Waals surface area contributed by atoms with Crippen molar-refractivity contribution < 1.29 is 23.4 Å². The van der Waals surface area contributed by atoms with Gasteiger partial charge in [-0.1, -0.05) is 16.7 Å². The van der Waals surface area contributed by atoms with Gasteiger partial charge in [0, 0.05) is 15.5 Å². The zero-order valence-electron chi connectivity index (χ0n) is 9.34. The van der Waals surface area contributed by atoms with E-state index in [4.69, 9.17) is 17.1 Å². The van der Waals surface area contributed by atoms with E-state index in [1.54, 1.807) is 0 Å². The lowest BCUT2D eigenvalue weighted by molar-refractivity contribution is -0.137. The monoisotopic (exact) mass is 295 g/mol. The molecule has 0 aromatic heterocycles. The fourth-order valence-corrected chi connectivity index (χ4v) is 1.60. The predicted molar refractivity (Wildman–Crippen MR) is 61.4 cm³/mol. The van der Waals surface area contributed by atoms with Crippen LogP contribution in [0.3, 0.4) is 0 Å². The highest BCUT2D eigenvalue weighted by molar-refractivity contribution is 6.31. The molecule has 5 nitrogen and oxygen atoms in total. The summed E-state index contributed by atoms with van der Waals surface area (Å²) in [6.45, 7) is -0.482. The lowest BCUT2D eigenvalue weighted by Gasteiger charge is -2.19. The number of aliphatic hydroxyl groups excluding tert-OH is 2. The third kappa shape index (κ3) is 4.00. The van der Waals surface area contributed by atoms with Gasteiger partial charge in [-0.3, -0.25) is 0 Å². The minimum atomic E-state index is -4.59. The summed E-state index contributed by atoms with van der Waals surface area (Å²) in [4.78, 5) is 2.37. The van der Waals surface area contributed by atoms with Gasteiger partial charge in [-0.25, -0.2) is 0 Å². The molecule has 0 aliphatic carbocycles. The summed E-state index contributed by atoms with van der Waals surface area (Å²) in [5, 5.41) is 22.1. The van der Waals surface area contributed by atoms with Crippen LogP contribution in [0.4, 0.5) is 13.2 Å². The van der Waals surface area contributed by atoms with Crippen LogP contribution in [0.2, 0.25) is 5.02 Å². The van der Waals surface area contributed by atoms with E-state index in [0.29, 0.717) is 6.07 Å². The number of hydrogen-bond acceptors (Lipinski definition) is 3. The molecular formula is C10H9ClF3N3O2. The van der Waals surface area contributed by atoms with Crippen molar-refractivity contribution in [3.63, 3.8) is 0 Å². The number of aliphatic hydroxyl groups is 2. The summed E-state index contributed by atoms with van der Waals surface area (Å²) in [5.74, 6) is 0. The SMILES string of the molecule is [N-]=[N+]=NCC(O)C(O)c1cc(C(F)(F)F)ccc1Cl. The van der Waals surface area contributed by atoms with Crippen LogP contribution < -0.4 is 0 Å². The maximum absolute atomic E-state index is 12.5. The Hall–Kier alpha value is -1.47. The first kappa shape index (κ1) is 15.6. The van der Waals surface area contributed by atoms with Gasteiger partial charge in [-0.15, -0.1) is 0 Å². The fraction of sp³-hybridized carbons (Fsp3) is 0.400. The molecule has 0 amide bonds. The molecule has 0 saturated carbocycles. The van der Waals surface area contributed by atoms with E-state index >= 15 is 0 Å². The van der Waals surface area contributed by atoms with Crippen LogP contribution in [0.1, 0.15) is 17.2 Å². The van der Waals surface area contributed by atoms with Crippen molar-refractivity contribution in [3.05, 3.63) is 44.8 Å². The van der Waals surface area contributed by atoms with Gasteiger partial charge >= 0.3 is 6.18 Å². The van der Waals surface area contributed by atoms with E-state index in [1.165, 1.54) is 0 Å². The zero-order valence-corrected chi connectivity index (χ0v) is 10.1. The van der Waals surface area contributed by atoms with Crippen molar-refractivity contribution in [2.75, 3.05) is 6.54 Å². The van der Waals surface area contributed by atoms with Crippen LogP contribution in [0, 0.1) is 0 Å². The molecule has 2 atom stereocenters. The molecule has 0 radical (unpaired) electrons. The van der Waals surface area contributed by atoms with E-state index < -0.39 is 30.5 Å². The van der Waals surface area contributed by atoms with E-state index in [9.17, 15) is 23.4 Å². The Bertz CT molecular complexity index is 503. The van der Waals surface area contributed by atoms with E-state index in [0.717, 1.165) is 12.1 Å². The van der Waals surface area contributed by atoms with Gasteiger partial charge in [0.1, 0.15) is 6.10 Å². The Kier molecular flexibility index (Phi) is 5.02. The molecule has 0 spiro atoms. The molecule has 0 fully saturated rings. The van der Waals surface area contributed by atoms with Crippen LogP contribution in [-0.2, 0) is 6.18 Å². The Labute approximate surface area is 110 Å². The molecular weight excluding hydrogens is 287 g/mol. The molecule has 2 unspecified atom stereocenters. The van der Waals surface area contributed by atoms with Crippen molar-refractivity contribution in [3.8, 4) is 0 Å². The van der Waals surface area contributed by atoms with Gasteiger partial charge in [0.15, 0.2) is 0 Å². The molecule has 9 heteroatoms. The number of nitrogens with zero attached hydrogens (tertiary/aromatic N) is 3. The van der Waals surface area contributed by atoms with Crippen LogP contribution in [0.25, 0.3) is 10.4 Å². The number of azide groups is 1. The van der Waals surface area contributed by atoms with Crippen molar-refractivity contribution in [1.29, 1.82) is 0 Å². The average molecular weight is 296 g/mol. The molecule has 104 valence electrons. The number of alkyl halides is 3. The standard InChI is InChI=1S/C10H9ClF3N3O2/c11-7-2-1-5(10(12,13)14)3-6(7)9(19)8(18)4-16-17-15/h1-3,8-9,18-19H,4H2. The molecule has 0 saturated heterocycles. The number of halogens is 4. The molecule has 0 aliphatic rings. The molecule has 2 N–H and O–H groups in total. The molecule has 1 aromatic carbocycles. The van der Waals surface area contributed by atoms with E-state index in [1.807, 2.05) is 0 Å². The van der Waals surface area contributed by atoms with Crippen molar-refractivity contribution in [1.82, 2.24) is 0 Å². The lowest BCUT2D eigenvalue weighted by Crippen LogP contribution is -2.22. The minimum absolute atomic E-state index is 0.125. The highest BCUT2D eigenvalue weighted by atomic mass is 35.5. The van der Waals surface area contributed by atoms with Crippen LogP contribution >= 0.6 is 11.6 Å². The summed E-state index contributed by atoms with van der Waals surface area (Å²) < 4.78 is 37.5. The second kappa shape index (κ2) is 6.12. The maximum atomic E-state index is 12.5. The molecule has 0 aliphatic heterocycles. The Morgan fingerprint density at radius 3 is 2.53 bits per heavy atom. The minimum Gasteiger partial charge on any atom is -0.390 e. The predicted octanol–water partition coefficient (Wildman–Crippen LogP) is 3.06. The summed E-state index contributed by atoms with van der Waals surface area (Å²) >= 11 is 5.68. The third-order valence-electron chi connectivity index (χ3n) is 2.34. The number of hydrogen-bond donors (Lipinski definition) is 2. The molecule has 1 aromatic rings. The third-order valence-corrected chi connectivity index (χ3v) is 2.68. The van der Waals surface area contributed by atoms with Gasteiger partial charge in [0.25, 0.3) is 0 Å². The summed E-state index contributed by atoms with van der Waals surface area (Å²) in [6, 6.07) is 2.38. The van der Waals surface area contributed by atoms with Gasteiger partial charge < -0.3 is 10.2 Å². The summed E-state index contributed by atoms with van der Waals surface area (Å²) in [6.07, 6.45) is -7.81. The van der Waals surface area contributed by atoms with E-state index in [2.05, 4.69) is 10.0 Å². The molecule has 1 rings (SSSR count). The van der Waals surface area contributed by atoms with Crippen LogP contribution in [-0.4, -0.2) is 22.9 Å². The second-order valence-corrected chi connectivity index (χ2v) is 4.07. The molecule has 0 bridgehead atoms. The van der Waals surface area contributed by atoms with E-state index in [-0.39, 0.29) is 10.6 Å². The van der Waals surface area contributed by atoms with Gasteiger partial charge in [-0.2, -0.15) is 13.2 Å². The van der Waals surface area contributed by atoms with Crippen LogP contribution in [0.5, 0.6) is 0 Å². The largest absolute Gasteiger partial charge is 0.416 e. The zero-order chi connectivity index (χ0) is 14.6. The average Bonchev–Trinajstić information content (AvgIpc) is 2.34. The quantitative estimate of drug-likeness (QED) is 0.508. The maximum Gasteiger partial charge on any atom is 0.416 e. The van der Waals surface area contributed by atoms with Crippen molar-refractivity contribution >= 4 is 11.6 Å². The topological polar surface area (TPSA) is 89.2 Å². The first-order valence-electron chi connectivity index (χ1n) is 5.01. The molecule has 0 heterocycles. The number of rotatable bonds is 4. The lowest BCUT2D eigenvalue weighted by atomic mass is 10.0. The van der Waals surface area contributed by atoms with Crippen molar-refractivity contribution in [2.24, 2.45) is 5.11 Å². The van der Waals surface area contributed by atoms with Crippen molar-refractivity contribution in [2.45, 2.75) is 18.4 Å². The Morgan fingerprint density at radius 2 is 2.00 bits per heavy atom. The number of benzene rings is 1. The second-order valence-electron chi connectivity index (χ2n) is 3.66. The Balaban J connectivity index is 3.08. The smallest absolute Gasteiger partial charge is 0.390 e.